The van der Waals surface area contributed by atoms with E-state index in [2.05, 4.69) is 49.5 Å². The lowest BCUT2D eigenvalue weighted by molar-refractivity contribution is -0.122. The summed E-state index contributed by atoms with van der Waals surface area (Å²) in [7, 11) is 1.64. The number of amides is 1. The van der Waals surface area contributed by atoms with Gasteiger partial charge in [-0.15, -0.1) is 0 Å². The van der Waals surface area contributed by atoms with Gasteiger partial charge in [0.05, 0.1) is 20.2 Å². The largest absolute Gasteiger partial charge is 0.497 e. The summed E-state index contributed by atoms with van der Waals surface area (Å²) in [5, 5.41) is 7.28. The standard InChI is InChI=1S/C26H31N5O3/c1-33-22-9-7-20(8-10-22)25-28-24(34-29-25)18-31-15-13-30(14-16-31)17-23(32)27-19-26(11-12-26)21-5-3-2-4-6-21/h2-10H,11-19H2,1H3,(H,27,32). The van der Waals surface area contributed by atoms with Crippen molar-refractivity contribution >= 4 is 5.91 Å². The number of piperazine rings is 1. The maximum atomic E-state index is 12.6. The molecule has 2 heterocycles. The average Bonchev–Trinajstić information content (AvgIpc) is 3.54. The van der Waals surface area contributed by atoms with Gasteiger partial charge >= 0.3 is 0 Å². The van der Waals surface area contributed by atoms with E-state index in [1.807, 2.05) is 30.3 Å². The van der Waals surface area contributed by atoms with Crippen LogP contribution in [0.25, 0.3) is 11.4 Å². The maximum Gasteiger partial charge on any atom is 0.241 e. The predicted molar refractivity (Wildman–Crippen MR) is 128 cm³/mol. The summed E-state index contributed by atoms with van der Waals surface area (Å²) >= 11 is 0. The summed E-state index contributed by atoms with van der Waals surface area (Å²) in [5.74, 6) is 2.09. The van der Waals surface area contributed by atoms with Crippen LogP contribution in [0.1, 0.15) is 24.3 Å². The van der Waals surface area contributed by atoms with Gasteiger partial charge in [0.15, 0.2) is 0 Å². The van der Waals surface area contributed by atoms with Crippen molar-refractivity contribution in [3.63, 3.8) is 0 Å². The number of hydrogen-bond donors (Lipinski definition) is 1. The van der Waals surface area contributed by atoms with E-state index in [9.17, 15) is 4.79 Å². The number of ether oxygens (including phenoxy) is 1. The molecule has 3 aromatic rings. The number of hydrogen-bond acceptors (Lipinski definition) is 7. The Bertz CT molecular complexity index is 1090. The number of nitrogens with one attached hydrogen (secondary N) is 1. The van der Waals surface area contributed by atoms with Gasteiger partial charge in [0.25, 0.3) is 0 Å². The average molecular weight is 462 g/mol. The first kappa shape index (κ1) is 22.6. The SMILES string of the molecule is COc1ccc(-c2noc(CN3CCN(CC(=O)NCC4(c5ccccc5)CC4)CC3)n2)cc1. The highest BCUT2D eigenvalue weighted by Crippen LogP contribution is 2.47. The van der Waals surface area contributed by atoms with Gasteiger partial charge in [-0.3, -0.25) is 14.6 Å². The van der Waals surface area contributed by atoms with Gasteiger partial charge in [-0.1, -0.05) is 35.5 Å². The minimum absolute atomic E-state index is 0.108. The molecular weight excluding hydrogens is 430 g/mol. The van der Waals surface area contributed by atoms with E-state index in [1.165, 1.54) is 5.56 Å². The fraction of sp³-hybridized carbons (Fsp3) is 0.423. The van der Waals surface area contributed by atoms with E-state index in [4.69, 9.17) is 9.26 Å². The zero-order valence-electron chi connectivity index (χ0n) is 19.6. The molecule has 0 spiro atoms. The molecule has 1 aromatic heterocycles. The minimum atomic E-state index is 0.108. The monoisotopic (exact) mass is 461 g/mol. The normalized spacial score (nSPS) is 17.9. The van der Waals surface area contributed by atoms with Crippen molar-refractivity contribution in [2.45, 2.75) is 24.8 Å². The Kier molecular flexibility index (Phi) is 6.60. The van der Waals surface area contributed by atoms with Crippen molar-refractivity contribution in [1.29, 1.82) is 0 Å². The van der Waals surface area contributed by atoms with E-state index in [0.29, 0.717) is 24.8 Å². The molecule has 5 rings (SSSR count). The molecule has 1 saturated carbocycles. The smallest absolute Gasteiger partial charge is 0.241 e. The fourth-order valence-corrected chi connectivity index (χ4v) is 4.51. The third-order valence-corrected chi connectivity index (χ3v) is 6.87. The molecule has 1 N–H and O–H groups in total. The first-order chi connectivity index (χ1) is 16.6. The zero-order chi connectivity index (χ0) is 23.4. The lowest BCUT2D eigenvalue weighted by Crippen LogP contribution is -2.49. The van der Waals surface area contributed by atoms with Crippen molar-refractivity contribution < 1.29 is 14.1 Å². The summed E-state index contributed by atoms with van der Waals surface area (Å²) in [6.45, 7) is 5.20. The Labute approximate surface area is 199 Å². The molecule has 2 fully saturated rings. The highest BCUT2D eigenvalue weighted by atomic mass is 16.5. The number of carbonyl (C=O) groups excluding carboxylic acids is 1. The Morgan fingerprint density at radius 3 is 2.41 bits per heavy atom. The first-order valence-electron chi connectivity index (χ1n) is 11.9. The van der Waals surface area contributed by atoms with Crippen molar-refractivity contribution in [2.75, 3.05) is 46.4 Å². The van der Waals surface area contributed by atoms with E-state index in [-0.39, 0.29) is 11.3 Å². The van der Waals surface area contributed by atoms with Crippen molar-refractivity contribution in [3.05, 3.63) is 66.1 Å². The second kappa shape index (κ2) is 9.95. The number of benzene rings is 2. The highest BCUT2D eigenvalue weighted by Gasteiger charge is 2.44. The van der Waals surface area contributed by atoms with Gasteiger partial charge in [-0.2, -0.15) is 4.98 Å². The third kappa shape index (κ3) is 5.29. The van der Waals surface area contributed by atoms with Crippen molar-refractivity contribution in [2.24, 2.45) is 0 Å². The van der Waals surface area contributed by atoms with Crippen LogP contribution in [-0.4, -0.2) is 72.2 Å². The predicted octanol–water partition coefficient (Wildman–Crippen LogP) is 2.71. The number of nitrogens with zero attached hydrogens (tertiary/aromatic N) is 4. The molecule has 0 bridgehead atoms. The van der Waals surface area contributed by atoms with Crippen LogP contribution in [0.15, 0.2) is 59.1 Å². The lowest BCUT2D eigenvalue weighted by Gasteiger charge is -2.33. The summed E-state index contributed by atoms with van der Waals surface area (Å²) in [6, 6.07) is 18.1. The summed E-state index contributed by atoms with van der Waals surface area (Å²) in [6.07, 6.45) is 2.29. The molecule has 1 aliphatic heterocycles. The highest BCUT2D eigenvalue weighted by molar-refractivity contribution is 5.78. The fourth-order valence-electron chi connectivity index (χ4n) is 4.51. The Morgan fingerprint density at radius 2 is 1.74 bits per heavy atom. The maximum absolute atomic E-state index is 12.6. The van der Waals surface area contributed by atoms with E-state index < -0.39 is 0 Å². The van der Waals surface area contributed by atoms with Crippen LogP contribution >= 0.6 is 0 Å². The summed E-state index contributed by atoms with van der Waals surface area (Å²) < 4.78 is 10.7. The number of methoxy groups -OCH3 is 1. The minimum Gasteiger partial charge on any atom is -0.497 e. The Balaban J connectivity index is 1.05. The molecule has 178 valence electrons. The van der Waals surface area contributed by atoms with E-state index >= 15 is 0 Å². The molecule has 2 aromatic carbocycles. The Hall–Kier alpha value is -3.23. The Morgan fingerprint density at radius 1 is 1.03 bits per heavy atom. The number of aromatic nitrogens is 2. The summed E-state index contributed by atoms with van der Waals surface area (Å²) in [5.41, 5.74) is 2.37. The lowest BCUT2D eigenvalue weighted by atomic mass is 9.96. The van der Waals surface area contributed by atoms with Gasteiger partial charge in [0.2, 0.25) is 17.6 Å². The molecule has 1 aliphatic carbocycles. The molecule has 8 heteroatoms. The molecule has 8 nitrogen and oxygen atoms in total. The molecule has 1 amide bonds. The number of carbonyl (C=O) groups is 1. The van der Waals surface area contributed by atoms with Crippen LogP contribution in [-0.2, 0) is 16.8 Å². The molecule has 34 heavy (non-hydrogen) atoms. The second-order valence-electron chi connectivity index (χ2n) is 9.22. The molecule has 2 aliphatic rings. The van der Waals surface area contributed by atoms with Gasteiger partial charge in [0.1, 0.15) is 5.75 Å². The molecule has 0 radical (unpaired) electrons. The van der Waals surface area contributed by atoms with Gasteiger partial charge in [-0.25, -0.2) is 0 Å². The third-order valence-electron chi connectivity index (χ3n) is 6.87. The first-order valence-corrected chi connectivity index (χ1v) is 11.9. The molecular formula is C26H31N5O3. The van der Waals surface area contributed by atoms with Crippen LogP contribution in [0.5, 0.6) is 5.75 Å². The van der Waals surface area contributed by atoms with E-state index in [1.54, 1.807) is 7.11 Å². The topological polar surface area (TPSA) is 83.7 Å². The van der Waals surface area contributed by atoms with Crippen LogP contribution < -0.4 is 10.1 Å². The molecule has 0 atom stereocenters. The molecule has 0 unspecified atom stereocenters. The second-order valence-corrected chi connectivity index (χ2v) is 9.22. The number of rotatable bonds is 9. The summed E-state index contributed by atoms with van der Waals surface area (Å²) in [4.78, 5) is 21.6. The van der Waals surface area contributed by atoms with Crippen molar-refractivity contribution in [1.82, 2.24) is 25.3 Å². The van der Waals surface area contributed by atoms with E-state index in [0.717, 1.165) is 56.9 Å². The quantitative estimate of drug-likeness (QED) is 0.525. The van der Waals surface area contributed by atoms with Gasteiger partial charge in [0, 0.05) is 43.7 Å². The zero-order valence-corrected chi connectivity index (χ0v) is 19.6. The van der Waals surface area contributed by atoms with Gasteiger partial charge in [-0.05, 0) is 42.7 Å². The van der Waals surface area contributed by atoms with Crippen LogP contribution in [0.2, 0.25) is 0 Å². The van der Waals surface area contributed by atoms with Crippen LogP contribution in [0, 0.1) is 0 Å². The van der Waals surface area contributed by atoms with Gasteiger partial charge < -0.3 is 14.6 Å². The molecule has 1 saturated heterocycles. The van der Waals surface area contributed by atoms with Crippen LogP contribution in [0.4, 0.5) is 0 Å². The van der Waals surface area contributed by atoms with Crippen molar-refractivity contribution in [3.8, 4) is 17.1 Å². The van der Waals surface area contributed by atoms with Crippen LogP contribution in [0.3, 0.4) is 0 Å².